The number of amides is 2. The molecule has 2 N–H and O–H groups in total. The lowest BCUT2D eigenvalue weighted by atomic mass is 10.1. The second-order valence-corrected chi connectivity index (χ2v) is 6.69. The van der Waals surface area contributed by atoms with E-state index in [9.17, 15) is 9.59 Å². The van der Waals surface area contributed by atoms with Crippen LogP contribution in [0.4, 0.5) is 11.4 Å². The van der Waals surface area contributed by atoms with Crippen molar-refractivity contribution in [3.63, 3.8) is 0 Å². The van der Waals surface area contributed by atoms with Crippen molar-refractivity contribution >= 4 is 39.1 Å². The van der Waals surface area contributed by atoms with Crippen LogP contribution >= 0.6 is 15.9 Å². The molecule has 0 aliphatic rings. The van der Waals surface area contributed by atoms with Crippen LogP contribution in [0.2, 0.25) is 0 Å². The van der Waals surface area contributed by atoms with Gasteiger partial charge in [-0.25, -0.2) is 0 Å². The van der Waals surface area contributed by atoms with Crippen molar-refractivity contribution in [2.24, 2.45) is 0 Å². The maximum absolute atomic E-state index is 12.5. The molecule has 24 heavy (non-hydrogen) atoms. The predicted octanol–water partition coefficient (Wildman–Crippen LogP) is 4.20. The molecule has 0 spiro atoms. The first kappa shape index (κ1) is 18.0. The molecule has 2 aromatic rings. The minimum absolute atomic E-state index is 0.143. The lowest BCUT2D eigenvalue weighted by Gasteiger charge is -2.25. The summed E-state index contributed by atoms with van der Waals surface area (Å²) in [5.74, 6) is 0.202. The quantitative estimate of drug-likeness (QED) is 0.803. The van der Waals surface area contributed by atoms with Crippen LogP contribution in [0.15, 0.2) is 53.0 Å². The Hall–Kier alpha value is -2.34. The van der Waals surface area contributed by atoms with E-state index in [4.69, 9.17) is 4.74 Å². The van der Waals surface area contributed by atoms with E-state index >= 15 is 0 Å². The van der Waals surface area contributed by atoms with Gasteiger partial charge < -0.3 is 15.4 Å². The van der Waals surface area contributed by atoms with Crippen molar-refractivity contribution in [1.29, 1.82) is 0 Å². The molecule has 5 nitrogen and oxygen atoms in total. The number of carbonyl (C=O) groups is 2. The van der Waals surface area contributed by atoms with Gasteiger partial charge in [0.05, 0.1) is 0 Å². The largest absolute Gasteiger partial charge is 0.478 e. The summed E-state index contributed by atoms with van der Waals surface area (Å²) in [5, 5.41) is 5.48. The molecule has 0 aliphatic heterocycles. The van der Waals surface area contributed by atoms with Gasteiger partial charge in [0, 0.05) is 22.8 Å². The Morgan fingerprint density at radius 3 is 1.92 bits per heavy atom. The molecule has 0 saturated carbocycles. The van der Waals surface area contributed by atoms with Crippen LogP contribution in [0, 0.1) is 0 Å². The second-order valence-electron chi connectivity index (χ2n) is 5.78. The molecule has 0 atom stereocenters. The van der Waals surface area contributed by atoms with Gasteiger partial charge in [-0.2, -0.15) is 0 Å². The third-order valence-corrected chi connectivity index (χ3v) is 3.73. The molecule has 0 bridgehead atoms. The van der Waals surface area contributed by atoms with Gasteiger partial charge in [0.25, 0.3) is 5.91 Å². The molecule has 2 rings (SSSR count). The Bertz CT molecular complexity index is 725. The highest BCUT2D eigenvalue weighted by molar-refractivity contribution is 9.10. The van der Waals surface area contributed by atoms with Crippen molar-refractivity contribution in [2.75, 3.05) is 10.6 Å². The highest BCUT2D eigenvalue weighted by Crippen LogP contribution is 2.22. The summed E-state index contributed by atoms with van der Waals surface area (Å²) in [7, 11) is 0. The van der Waals surface area contributed by atoms with Gasteiger partial charge in [0.2, 0.25) is 5.91 Å². The highest BCUT2D eigenvalue weighted by atomic mass is 79.9. The number of ether oxygens (including phenoxy) is 1. The molecule has 2 amide bonds. The monoisotopic (exact) mass is 390 g/mol. The van der Waals surface area contributed by atoms with Crippen molar-refractivity contribution in [1.82, 2.24) is 0 Å². The van der Waals surface area contributed by atoms with Crippen LogP contribution in [-0.2, 0) is 9.59 Å². The Kier molecular flexibility index (Phi) is 5.62. The summed E-state index contributed by atoms with van der Waals surface area (Å²) < 4.78 is 6.72. The van der Waals surface area contributed by atoms with E-state index < -0.39 is 5.60 Å². The summed E-state index contributed by atoms with van der Waals surface area (Å²) in [6, 6.07) is 14.2. The minimum Gasteiger partial charge on any atom is -0.478 e. The van der Waals surface area contributed by atoms with E-state index in [2.05, 4.69) is 26.6 Å². The molecule has 0 saturated heterocycles. The number of benzene rings is 2. The molecule has 0 heterocycles. The highest BCUT2D eigenvalue weighted by Gasteiger charge is 2.30. The predicted molar refractivity (Wildman–Crippen MR) is 98.2 cm³/mol. The topological polar surface area (TPSA) is 67.4 Å². The average molecular weight is 391 g/mol. The van der Waals surface area contributed by atoms with Gasteiger partial charge in [-0.1, -0.05) is 15.9 Å². The van der Waals surface area contributed by atoms with Gasteiger partial charge in [0.15, 0.2) is 5.60 Å². The zero-order valence-corrected chi connectivity index (χ0v) is 15.3. The van der Waals surface area contributed by atoms with Crippen molar-refractivity contribution in [3.05, 3.63) is 53.0 Å². The van der Waals surface area contributed by atoms with Crippen molar-refractivity contribution < 1.29 is 14.3 Å². The van der Waals surface area contributed by atoms with Crippen LogP contribution in [0.1, 0.15) is 20.8 Å². The first-order valence-corrected chi connectivity index (χ1v) is 8.19. The SMILES string of the molecule is CC(=O)Nc1ccc(NC(=O)C(C)(C)Oc2ccc(Br)cc2)cc1. The summed E-state index contributed by atoms with van der Waals surface area (Å²) in [6.07, 6.45) is 0. The Morgan fingerprint density at radius 1 is 0.917 bits per heavy atom. The second kappa shape index (κ2) is 7.49. The zero-order valence-electron chi connectivity index (χ0n) is 13.7. The zero-order chi connectivity index (χ0) is 17.7. The van der Waals surface area contributed by atoms with E-state index in [-0.39, 0.29) is 11.8 Å². The summed E-state index contributed by atoms with van der Waals surface area (Å²) >= 11 is 3.36. The first-order valence-electron chi connectivity index (χ1n) is 7.40. The number of halogens is 1. The van der Waals surface area contributed by atoms with Crippen LogP contribution in [-0.4, -0.2) is 17.4 Å². The van der Waals surface area contributed by atoms with E-state index in [0.717, 1.165) is 4.47 Å². The van der Waals surface area contributed by atoms with Gasteiger partial charge in [-0.15, -0.1) is 0 Å². The normalized spacial score (nSPS) is 10.8. The average Bonchev–Trinajstić information content (AvgIpc) is 2.51. The molecule has 0 fully saturated rings. The fourth-order valence-corrected chi connectivity index (χ4v) is 2.23. The Balaban J connectivity index is 2.01. The van der Waals surface area contributed by atoms with Gasteiger partial charge in [0.1, 0.15) is 5.75 Å². The van der Waals surface area contributed by atoms with Crippen molar-refractivity contribution in [3.8, 4) is 5.75 Å². The minimum atomic E-state index is -1.04. The number of rotatable bonds is 5. The van der Waals surface area contributed by atoms with Crippen LogP contribution in [0.25, 0.3) is 0 Å². The van der Waals surface area contributed by atoms with Crippen LogP contribution < -0.4 is 15.4 Å². The fourth-order valence-electron chi connectivity index (χ4n) is 1.97. The molecule has 0 aromatic heterocycles. The summed E-state index contributed by atoms with van der Waals surface area (Å²) in [4.78, 5) is 23.5. The van der Waals surface area contributed by atoms with E-state index in [0.29, 0.717) is 17.1 Å². The molecular weight excluding hydrogens is 372 g/mol. The fraction of sp³-hybridized carbons (Fsp3) is 0.222. The third-order valence-electron chi connectivity index (χ3n) is 3.20. The van der Waals surface area contributed by atoms with Crippen molar-refractivity contribution in [2.45, 2.75) is 26.4 Å². The van der Waals surface area contributed by atoms with E-state index in [1.54, 1.807) is 50.2 Å². The number of hydrogen-bond donors (Lipinski definition) is 2. The van der Waals surface area contributed by atoms with Gasteiger partial charge in [-0.05, 0) is 62.4 Å². The molecule has 126 valence electrons. The van der Waals surface area contributed by atoms with Gasteiger partial charge in [-0.3, -0.25) is 9.59 Å². The van der Waals surface area contributed by atoms with E-state index in [1.807, 2.05) is 12.1 Å². The Labute approximate surface area is 149 Å². The number of carbonyl (C=O) groups excluding carboxylic acids is 2. The summed E-state index contributed by atoms with van der Waals surface area (Å²) in [5.41, 5.74) is 0.261. The molecule has 0 unspecified atom stereocenters. The van der Waals surface area contributed by atoms with Gasteiger partial charge >= 0.3 is 0 Å². The molecule has 0 aliphatic carbocycles. The lowest BCUT2D eigenvalue weighted by molar-refractivity contribution is -0.128. The van der Waals surface area contributed by atoms with Crippen LogP contribution in [0.3, 0.4) is 0 Å². The first-order chi connectivity index (χ1) is 11.3. The number of hydrogen-bond acceptors (Lipinski definition) is 3. The molecule has 2 aromatic carbocycles. The summed E-state index contributed by atoms with van der Waals surface area (Å²) in [6.45, 7) is 4.85. The standard InChI is InChI=1S/C18H19BrN2O3/c1-12(22)20-14-6-8-15(9-7-14)21-17(23)18(2,3)24-16-10-4-13(19)5-11-16/h4-11H,1-3H3,(H,20,22)(H,21,23). The Morgan fingerprint density at radius 2 is 1.42 bits per heavy atom. The smallest absolute Gasteiger partial charge is 0.267 e. The maximum atomic E-state index is 12.5. The molecule has 6 heteroatoms. The van der Waals surface area contributed by atoms with Crippen LogP contribution in [0.5, 0.6) is 5.75 Å². The lowest BCUT2D eigenvalue weighted by Crippen LogP contribution is -2.42. The molecular formula is C18H19BrN2O3. The maximum Gasteiger partial charge on any atom is 0.267 e. The molecule has 0 radical (unpaired) electrons. The third kappa shape index (κ3) is 5.09. The van der Waals surface area contributed by atoms with E-state index in [1.165, 1.54) is 6.92 Å². The number of nitrogens with one attached hydrogen (secondary N) is 2. The number of anilines is 2.